The number of cyclic esters (lactones) is 1. The van der Waals surface area contributed by atoms with E-state index in [4.69, 9.17) is 4.74 Å². The van der Waals surface area contributed by atoms with E-state index in [0.29, 0.717) is 18.5 Å². The van der Waals surface area contributed by atoms with Crippen molar-refractivity contribution in [3.8, 4) is 0 Å². The topological polar surface area (TPSA) is 49.9 Å². The average molecular weight is 294 g/mol. The first-order valence-corrected chi connectivity index (χ1v) is 8.37. The number of esters is 1. The van der Waals surface area contributed by atoms with Crippen LogP contribution < -0.4 is 0 Å². The molecule has 0 radical (unpaired) electrons. The van der Waals surface area contributed by atoms with E-state index in [0.717, 1.165) is 45.2 Å². The second kappa shape index (κ2) is 5.95. The number of rotatable bonds is 3. The first-order chi connectivity index (χ1) is 10.1. The number of carbonyl (C=O) groups is 2. The third kappa shape index (κ3) is 2.68. The van der Waals surface area contributed by atoms with Crippen LogP contribution in [0.2, 0.25) is 0 Å². The van der Waals surface area contributed by atoms with Crippen molar-refractivity contribution in [2.75, 3.05) is 13.1 Å². The van der Waals surface area contributed by atoms with E-state index in [-0.39, 0.29) is 24.0 Å². The Labute approximate surface area is 126 Å². The molecule has 118 valence electrons. The predicted octanol–water partition coefficient (Wildman–Crippen LogP) is 1.56. The molecule has 3 aliphatic rings. The Morgan fingerprint density at radius 1 is 1.24 bits per heavy atom. The van der Waals surface area contributed by atoms with Gasteiger partial charge in [0, 0.05) is 31.5 Å². The summed E-state index contributed by atoms with van der Waals surface area (Å²) in [6.07, 6.45) is 5.77. The highest BCUT2D eigenvalue weighted by atomic mass is 16.6. The van der Waals surface area contributed by atoms with Gasteiger partial charge in [-0.15, -0.1) is 0 Å². The minimum atomic E-state index is -0.0910. The van der Waals surface area contributed by atoms with Crippen LogP contribution in [0.3, 0.4) is 0 Å². The molecule has 21 heavy (non-hydrogen) atoms. The molecule has 0 spiro atoms. The van der Waals surface area contributed by atoms with Crippen LogP contribution in [0.15, 0.2) is 0 Å². The fourth-order valence-electron chi connectivity index (χ4n) is 4.33. The molecule has 3 heterocycles. The van der Waals surface area contributed by atoms with E-state index < -0.39 is 0 Å². The zero-order valence-corrected chi connectivity index (χ0v) is 13.1. The molecule has 1 amide bonds. The molecule has 5 heteroatoms. The Morgan fingerprint density at radius 3 is 2.62 bits per heavy atom. The van der Waals surface area contributed by atoms with E-state index in [2.05, 4.69) is 9.80 Å². The van der Waals surface area contributed by atoms with Gasteiger partial charge in [-0.25, -0.2) is 0 Å². The Balaban J connectivity index is 1.74. The van der Waals surface area contributed by atoms with Crippen LogP contribution in [-0.2, 0) is 14.3 Å². The lowest BCUT2D eigenvalue weighted by Crippen LogP contribution is -2.52. The first kappa shape index (κ1) is 14.8. The van der Waals surface area contributed by atoms with Crippen molar-refractivity contribution < 1.29 is 14.3 Å². The molecule has 0 unspecified atom stereocenters. The molecule has 0 aromatic rings. The van der Waals surface area contributed by atoms with Crippen molar-refractivity contribution in [1.29, 1.82) is 0 Å². The third-order valence-corrected chi connectivity index (χ3v) is 5.25. The maximum atomic E-state index is 12.1. The van der Waals surface area contributed by atoms with Crippen LogP contribution in [0.1, 0.15) is 52.4 Å². The summed E-state index contributed by atoms with van der Waals surface area (Å²) in [5.41, 5.74) is 0. The van der Waals surface area contributed by atoms with Crippen LogP contribution in [-0.4, -0.2) is 59.0 Å². The number of ether oxygens (including phenoxy) is 1. The molecule has 3 saturated heterocycles. The van der Waals surface area contributed by atoms with E-state index in [1.54, 1.807) is 0 Å². The number of hydrogen-bond acceptors (Lipinski definition) is 4. The molecule has 4 atom stereocenters. The molecule has 3 fully saturated rings. The highest BCUT2D eigenvalue weighted by Gasteiger charge is 2.46. The summed E-state index contributed by atoms with van der Waals surface area (Å²) in [4.78, 5) is 28.6. The molecule has 0 aromatic heterocycles. The maximum absolute atomic E-state index is 12.1. The van der Waals surface area contributed by atoms with E-state index in [1.807, 2.05) is 13.8 Å². The van der Waals surface area contributed by atoms with Crippen LogP contribution in [0.5, 0.6) is 0 Å². The van der Waals surface area contributed by atoms with Gasteiger partial charge in [0.2, 0.25) is 5.91 Å². The Kier molecular flexibility index (Phi) is 4.20. The van der Waals surface area contributed by atoms with Gasteiger partial charge in [0.05, 0.1) is 0 Å². The van der Waals surface area contributed by atoms with Crippen LogP contribution in [0.25, 0.3) is 0 Å². The average Bonchev–Trinajstić information content (AvgIpc) is 3.15. The van der Waals surface area contributed by atoms with Crippen molar-refractivity contribution in [2.45, 2.75) is 76.6 Å². The molecule has 0 aliphatic carbocycles. The monoisotopic (exact) mass is 294 g/mol. The van der Waals surface area contributed by atoms with Gasteiger partial charge in [-0.1, -0.05) is 6.92 Å². The Morgan fingerprint density at radius 2 is 1.95 bits per heavy atom. The fourth-order valence-corrected chi connectivity index (χ4v) is 4.33. The smallest absolute Gasteiger partial charge is 0.323 e. The zero-order valence-electron chi connectivity index (χ0n) is 13.1. The summed E-state index contributed by atoms with van der Waals surface area (Å²) in [7, 11) is 0. The molecule has 0 saturated carbocycles. The van der Waals surface area contributed by atoms with Gasteiger partial charge in [0.25, 0.3) is 0 Å². The number of nitrogens with zero attached hydrogens (tertiary/aromatic N) is 2. The van der Waals surface area contributed by atoms with Crippen molar-refractivity contribution in [2.24, 2.45) is 0 Å². The van der Waals surface area contributed by atoms with Crippen molar-refractivity contribution >= 4 is 11.9 Å². The lowest BCUT2D eigenvalue weighted by molar-refractivity contribution is -0.145. The van der Waals surface area contributed by atoms with E-state index >= 15 is 0 Å². The molecule has 0 bridgehead atoms. The van der Waals surface area contributed by atoms with E-state index in [9.17, 15) is 9.59 Å². The van der Waals surface area contributed by atoms with Gasteiger partial charge in [-0.05, 0) is 39.2 Å². The lowest BCUT2D eigenvalue weighted by Gasteiger charge is -2.36. The van der Waals surface area contributed by atoms with Gasteiger partial charge >= 0.3 is 5.97 Å². The van der Waals surface area contributed by atoms with Gasteiger partial charge in [0.15, 0.2) is 0 Å². The van der Waals surface area contributed by atoms with Gasteiger partial charge in [-0.3, -0.25) is 14.5 Å². The van der Waals surface area contributed by atoms with Crippen molar-refractivity contribution in [1.82, 2.24) is 9.80 Å². The molecule has 0 N–H and O–H groups in total. The largest absolute Gasteiger partial charge is 0.461 e. The lowest BCUT2D eigenvalue weighted by atomic mass is 10.0. The Hall–Kier alpha value is -1.10. The molecule has 3 aliphatic heterocycles. The zero-order chi connectivity index (χ0) is 15.0. The maximum Gasteiger partial charge on any atom is 0.323 e. The summed E-state index contributed by atoms with van der Waals surface area (Å²) in [5.74, 6) is 0.187. The highest BCUT2D eigenvalue weighted by Crippen LogP contribution is 2.34. The molecule has 0 aromatic carbocycles. The van der Waals surface area contributed by atoms with Gasteiger partial charge in [0.1, 0.15) is 12.1 Å². The summed E-state index contributed by atoms with van der Waals surface area (Å²) in [6, 6.07) is 0.543. The number of amides is 1. The summed E-state index contributed by atoms with van der Waals surface area (Å²) in [6.45, 7) is 5.74. The predicted molar refractivity (Wildman–Crippen MR) is 78.7 cm³/mol. The highest BCUT2D eigenvalue weighted by molar-refractivity contribution is 5.78. The van der Waals surface area contributed by atoms with E-state index in [1.165, 1.54) is 0 Å². The molecule has 5 nitrogen and oxygen atoms in total. The molecular weight excluding hydrogens is 268 g/mol. The quantitative estimate of drug-likeness (QED) is 0.741. The van der Waals surface area contributed by atoms with Gasteiger partial charge < -0.3 is 9.64 Å². The minimum Gasteiger partial charge on any atom is -0.461 e. The minimum absolute atomic E-state index is 0.0284. The number of likely N-dealkylation sites (tertiary alicyclic amines) is 2. The molecule has 3 rings (SSSR count). The second-order valence-electron chi connectivity index (χ2n) is 6.60. The van der Waals surface area contributed by atoms with Crippen molar-refractivity contribution in [3.05, 3.63) is 0 Å². The van der Waals surface area contributed by atoms with Crippen LogP contribution in [0, 0.1) is 0 Å². The summed E-state index contributed by atoms with van der Waals surface area (Å²) < 4.78 is 5.33. The van der Waals surface area contributed by atoms with Gasteiger partial charge in [-0.2, -0.15) is 0 Å². The SMILES string of the molecule is CCC(=O)N1CCC[C@@H]1[C@@H]1CCCN1[C@H]1C[C@@H](C)OC1=O. The number of carbonyl (C=O) groups excluding carboxylic acids is 2. The second-order valence-corrected chi connectivity index (χ2v) is 6.60. The number of hydrogen-bond donors (Lipinski definition) is 0. The van der Waals surface area contributed by atoms with Crippen molar-refractivity contribution in [3.63, 3.8) is 0 Å². The normalized spacial score (nSPS) is 37.2. The summed E-state index contributed by atoms with van der Waals surface area (Å²) >= 11 is 0. The first-order valence-electron chi connectivity index (χ1n) is 8.37. The fraction of sp³-hybridized carbons (Fsp3) is 0.875. The Bertz CT molecular complexity index is 426. The van der Waals surface area contributed by atoms with Crippen LogP contribution >= 0.6 is 0 Å². The standard InChI is InChI=1S/C16H26N2O3/c1-3-15(19)18-9-5-7-13(18)12-6-4-8-17(12)14-10-11(2)21-16(14)20/h11-14H,3-10H2,1-2H3/t11-,12+,13-,14+/m1/s1. The summed E-state index contributed by atoms with van der Waals surface area (Å²) in [5, 5.41) is 0. The van der Waals surface area contributed by atoms with Crippen LogP contribution in [0.4, 0.5) is 0 Å². The third-order valence-electron chi connectivity index (χ3n) is 5.25. The molecular formula is C16H26N2O3.